The molecule has 20 heavy (non-hydrogen) atoms. The molecule has 6 nitrogen and oxygen atoms in total. The molecule has 1 N–H and O–H groups in total. The molecule has 0 saturated heterocycles. The van der Waals surface area contributed by atoms with E-state index in [-0.39, 0.29) is 0 Å². The van der Waals surface area contributed by atoms with Crippen LogP contribution in [0.15, 0.2) is 0 Å². The molecule has 1 atom stereocenters. The Balaban J connectivity index is 3.05. The Morgan fingerprint density at radius 2 is 1.60 bits per heavy atom. The van der Waals surface area contributed by atoms with Gasteiger partial charge in [0, 0.05) is 17.8 Å². The summed E-state index contributed by atoms with van der Waals surface area (Å²) in [6.07, 6.45) is 1.83. The fourth-order valence-electron chi connectivity index (χ4n) is 0.835. The second kappa shape index (κ2) is 19.6. The highest BCUT2D eigenvalue weighted by Gasteiger charge is 2.04. The van der Waals surface area contributed by atoms with Crippen LogP contribution in [0.3, 0.4) is 0 Å². The lowest BCUT2D eigenvalue weighted by Gasteiger charge is -2.08. The van der Waals surface area contributed by atoms with Crippen LogP contribution in [-0.2, 0) is 19.4 Å². The first-order chi connectivity index (χ1) is 9.81. The standard InChI is InChI=1S/C6H14O6S8/c1-6(3-2-4-8-7)5-14-10-16-18-12-20-19-11-17-15-9-13/h6-7,13H,2-5H2,1H3. The molecule has 0 radical (unpaired) electrons. The number of rotatable bonds is 16. The summed E-state index contributed by atoms with van der Waals surface area (Å²) >= 11 is 11.3. The fourth-order valence-corrected chi connectivity index (χ4v) is 5.58. The smallest absolute Gasteiger partial charge is 0.110 e. The molecule has 14 heteroatoms. The average molecular weight is 439 g/mol. The van der Waals surface area contributed by atoms with Gasteiger partial charge in [-0.25, -0.2) is 19.4 Å². The van der Waals surface area contributed by atoms with Crippen LogP contribution in [0, 0.1) is 5.92 Å². The van der Waals surface area contributed by atoms with Gasteiger partial charge in [0.15, 0.2) is 0 Å². The molecule has 0 aliphatic rings. The van der Waals surface area contributed by atoms with Crippen LogP contribution in [0.25, 0.3) is 0 Å². The largest absolute Gasteiger partial charge is 0.252 e. The molecule has 0 amide bonds. The van der Waals surface area contributed by atoms with Crippen molar-refractivity contribution >= 4 is 91.4 Å². The van der Waals surface area contributed by atoms with Crippen molar-refractivity contribution in [3.63, 3.8) is 0 Å². The Morgan fingerprint density at radius 1 is 1.00 bits per heavy atom. The van der Waals surface area contributed by atoms with E-state index >= 15 is 0 Å². The maximum absolute atomic E-state index is 8.18. The van der Waals surface area contributed by atoms with Crippen LogP contribution < -0.4 is 0 Å². The van der Waals surface area contributed by atoms with Crippen molar-refractivity contribution in [2.24, 2.45) is 5.92 Å². The Kier molecular flexibility index (Phi) is 22.1. The highest BCUT2D eigenvalue weighted by molar-refractivity contribution is 8.82. The third-order valence-electron chi connectivity index (χ3n) is 1.59. The Bertz CT molecular complexity index is 193. The highest BCUT2D eigenvalue weighted by Crippen LogP contribution is 2.40. The summed E-state index contributed by atoms with van der Waals surface area (Å²) in [7, 11) is 0. The van der Waals surface area contributed by atoms with Crippen LogP contribution in [0.1, 0.15) is 19.8 Å². The van der Waals surface area contributed by atoms with E-state index in [4.69, 9.17) is 16.1 Å². The Hall–Kier alpha value is 2.56. The average Bonchev–Trinajstić information content (AvgIpc) is 2.45. The van der Waals surface area contributed by atoms with Crippen LogP contribution >= 0.6 is 91.4 Å². The molecular formula is C6H14O6S8. The van der Waals surface area contributed by atoms with Crippen LogP contribution in [0.4, 0.5) is 0 Å². The lowest BCUT2D eigenvalue weighted by atomic mass is 10.1. The molecule has 0 fully saturated rings. The Labute approximate surface area is 153 Å². The number of hydrogen-bond donors (Lipinski definition) is 2. The monoisotopic (exact) mass is 438 g/mol. The third-order valence-corrected chi connectivity index (χ3v) is 7.74. The zero-order valence-corrected chi connectivity index (χ0v) is 16.8. The van der Waals surface area contributed by atoms with E-state index in [9.17, 15) is 0 Å². The van der Waals surface area contributed by atoms with E-state index in [0.717, 1.165) is 85.0 Å². The van der Waals surface area contributed by atoms with Gasteiger partial charge in [-0.1, -0.05) is 6.92 Å². The summed E-state index contributed by atoms with van der Waals surface area (Å²) < 4.78 is 19.7. The molecule has 0 aromatic heterocycles. The maximum Gasteiger partial charge on any atom is 0.110 e. The van der Waals surface area contributed by atoms with Gasteiger partial charge in [-0.3, -0.25) is 5.26 Å². The Morgan fingerprint density at radius 3 is 2.20 bits per heavy atom. The van der Waals surface area contributed by atoms with Gasteiger partial charge in [0.1, 0.15) is 66.4 Å². The topological polar surface area (TPSA) is 66.4 Å². The molecular weight excluding hydrogens is 425 g/mol. The molecule has 122 valence electrons. The molecule has 0 aromatic rings. The first-order valence-corrected chi connectivity index (χ1v) is 12.3. The summed E-state index contributed by atoms with van der Waals surface area (Å²) in [5, 5.41) is 8.18. The van der Waals surface area contributed by atoms with Crippen molar-refractivity contribution in [1.29, 1.82) is 0 Å². The van der Waals surface area contributed by atoms with Crippen LogP contribution in [-0.4, -0.2) is 17.6 Å². The van der Waals surface area contributed by atoms with E-state index in [1.165, 1.54) is 12.0 Å². The number of thiol groups is 1. The van der Waals surface area contributed by atoms with Gasteiger partial charge >= 0.3 is 0 Å². The van der Waals surface area contributed by atoms with Gasteiger partial charge in [0.05, 0.1) is 6.61 Å². The van der Waals surface area contributed by atoms with Crippen molar-refractivity contribution < 1.29 is 24.7 Å². The molecule has 0 bridgehead atoms. The highest BCUT2D eigenvalue weighted by atomic mass is 33.2. The molecule has 0 rings (SSSR count). The minimum atomic E-state index is 0.377. The first-order valence-electron chi connectivity index (χ1n) is 5.00. The van der Waals surface area contributed by atoms with Crippen LogP contribution in [0.2, 0.25) is 0 Å². The van der Waals surface area contributed by atoms with E-state index < -0.39 is 0 Å². The minimum absolute atomic E-state index is 0.377. The van der Waals surface area contributed by atoms with E-state index in [2.05, 4.69) is 28.4 Å². The van der Waals surface area contributed by atoms with Gasteiger partial charge in [-0.2, -0.15) is 0 Å². The molecule has 0 aliphatic carbocycles. The van der Waals surface area contributed by atoms with E-state index in [1.807, 2.05) is 0 Å². The fraction of sp³-hybridized carbons (Fsp3) is 1.00. The van der Waals surface area contributed by atoms with Gasteiger partial charge in [0.2, 0.25) is 0 Å². The predicted molar refractivity (Wildman–Crippen MR) is 98.3 cm³/mol. The second-order valence-corrected chi connectivity index (χ2v) is 9.12. The zero-order chi connectivity index (χ0) is 14.9. The lowest BCUT2D eigenvalue weighted by Crippen LogP contribution is -2.00. The van der Waals surface area contributed by atoms with E-state index in [1.54, 1.807) is 0 Å². The minimum Gasteiger partial charge on any atom is -0.252 e. The van der Waals surface area contributed by atoms with Gasteiger partial charge in [-0.05, 0) is 31.7 Å². The van der Waals surface area contributed by atoms with Gasteiger partial charge in [0.25, 0.3) is 0 Å². The van der Waals surface area contributed by atoms with Crippen molar-refractivity contribution in [2.75, 3.05) is 12.4 Å². The van der Waals surface area contributed by atoms with Crippen molar-refractivity contribution in [1.82, 2.24) is 0 Å². The van der Waals surface area contributed by atoms with Gasteiger partial charge in [-0.15, -0.1) is 0 Å². The molecule has 0 spiro atoms. The lowest BCUT2D eigenvalue weighted by molar-refractivity contribution is -0.243. The van der Waals surface area contributed by atoms with Crippen molar-refractivity contribution in [2.45, 2.75) is 19.8 Å². The summed E-state index contributed by atoms with van der Waals surface area (Å²) in [6, 6.07) is 0. The SMILES string of the molecule is CC(CCCOO)CSOSSOSSOSSOS. The van der Waals surface area contributed by atoms with E-state index in [0.29, 0.717) is 12.5 Å². The third kappa shape index (κ3) is 18.6. The summed E-state index contributed by atoms with van der Waals surface area (Å²) in [6.45, 7) is 2.50. The first kappa shape index (κ1) is 22.6. The summed E-state index contributed by atoms with van der Waals surface area (Å²) in [5.74, 6) is 1.38. The zero-order valence-electron chi connectivity index (χ0n) is 10.2. The summed E-state index contributed by atoms with van der Waals surface area (Å²) in [5.41, 5.74) is 0. The summed E-state index contributed by atoms with van der Waals surface area (Å²) in [4.78, 5) is 4.01. The second-order valence-electron chi connectivity index (χ2n) is 3.05. The number of hydrogen-bond acceptors (Lipinski definition) is 14. The quantitative estimate of drug-likeness (QED) is 0.0730. The van der Waals surface area contributed by atoms with Crippen molar-refractivity contribution in [3.05, 3.63) is 0 Å². The normalized spacial score (nSPS) is 12.8. The molecule has 0 saturated carbocycles. The molecule has 0 aromatic carbocycles. The molecule has 0 aliphatic heterocycles. The molecule has 0 heterocycles. The molecule has 1 unspecified atom stereocenters. The van der Waals surface area contributed by atoms with Crippen molar-refractivity contribution in [3.8, 4) is 0 Å². The maximum atomic E-state index is 8.18. The predicted octanol–water partition coefficient (Wildman–Crippen LogP) is 6.09. The van der Waals surface area contributed by atoms with Crippen LogP contribution in [0.5, 0.6) is 0 Å². The van der Waals surface area contributed by atoms with Gasteiger partial charge < -0.3 is 0 Å².